The van der Waals surface area contributed by atoms with Crippen molar-refractivity contribution in [3.8, 4) is 0 Å². The number of carbonyl (C=O) groups excluding carboxylic acids is 2. The summed E-state index contributed by atoms with van der Waals surface area (Å²) in [7, 11) is 2.06. The summed E-state index contributed by atoms with van der Waals surface area (Å²) < 4.78 is 11.7. The summed E-state index contributed by atoms with van der Waals surface area (Å²) in [5.74, 6) is 0.912. The summed E-state index contributed by atoms with van der Waals surface area (Å²) in [4.78, 5) is 30.0. The van der Waals surface area contributed by atoms with Crippen LogP contribution in [0.15, 0.2) is 32.3 Å². The molecule has 0 spiro atoms. The van der Waals surface area contributed by atoms with Crippen LogP contribution >= 0.6 is 0 Å². The Morgan fingerprint density at radius 1 is 1.09 bits per heavy atom. The van der Waals surface area contributed by atoms with E-state index in [-0.39, 0.29) is 18.2 Å². The topological polar surface area (TPSA) is 91.3 Å². The molecule has 8 heteroatoms. The predicted molar refractivity (Wildman–Crippen MR) is 134 cm³/mol. The first kappa shape index (κ1) is 23.4. The van der Waals surface area contributed by atoms with Gasteiger partial charge in [-0.2, -0.15) is 5.10 Å². The first-order chi connectivity index (χ1) is 16.8. The molecule has 3 aromatic rings. The number of nitrogens with zero attached hydrogens (tertiary/aromatic N) is 3. The second-order valence-electron chi connectivity index (χ2n) is 9.79. The summed E-state index contributed by atoms with van der Waals surface area (Å²) in [6, 6.07) is 4.07. The minimum absolute atomic E-state index is 0.0640. The van der Waals surface area contributed by atoms with Crippen LogP contribution in [0, 0.1) is 20.8 Å². The number of piperazine rings is 1. The molecule has 0 atom stereocenters. The Kier molecular flexibility index (Phi) is 6.23. The largest absolute Gasteiger partial charge is 0.464 e. The van der Waals surface area contributed by atoms with Gasteiger partial charge in [0.1, 0.15) is 11.3 Å². The van der Waals surface area contributed by atoms with Crippen LogP contribution in [0.5, 0.6) is 0 Å². The monoisotopic (exact) mass is 476 g/mol. The third-order valence-corrected chi connectivity index (χ3v) is 7.07. The Labute approximate surface area is 204 Å². The van der Waals surface area contributed by atoms with Crippen LogP contribution in [0.1, 0.15) is 57.0 Å². The number of hydrazone groups is 1. The van der Waals surface area contributed by atoms with Crippen LogP contribution in [0.4, 0.5) is 0 Å². The van der Waals surface area contributed by atoms with Gasteiger partial charge in [0.2, 0.25) is 5.91 Å². The number of hydrogen-bond donors (Lipinski definition) is 1. The quantitative estimate of drug-likeness (QED) is 0.580. The number of aryl methyl sites for hydroxylation is 3. The maximum atomic E-state index is 13.1. The second-order valence-corrected chi connectivity index (χ2v) is 9.79. The Morgan fingerprint density at radius 2 is 1.86 bits per heavy atom. The summed E-state index contributed by atoms with van der Waals surface area (Å²) in [5.41, 5.74) is 9.02. The molecule has 0 bridgehead atoms. The van der Waals surface area contributed by atoms with E-state index in [4.69, 9.17) is 8.83 Å². The number of fused-ring (bicyclic) bond motifs is 2. The maximum absolute atomic E-state index is 13.1. The van der Waals surface area contributed by atoms with E-state index in [1.165, 1.54) is 0 Å². The molecule has 1 aliphatic carbocycles. The lowest BCUT2D eigenvalue weighted by atomic mass is 9.93. The maximum Gasteiger partial charge on any atom is 0.289 e. The number of likely N-dealkylation sites (N-methyl/N-ethyl adjacent to an activating group) is 1. The average Bonchev–Trinajstić information content (AvgIpc) is 3.39. The molecule has 2 aliphatic rings. The van der Waals surface area contributed by atoms with E-state index in [0.717, 1.165) is 82.6 Å². The lowest BCUT2D eigenvalue weighted by molar-refractivity contribution is -0.120. The molecule has 1 fully saturated rings. The van der Waals surface area contributed by atoms with Gasteiger partial charge in [-0.05, 0) is 57.9 Å². The van der Waals surface area contributed by atoms with Crippen molar-refractivity contribution < 1.29 is 18.4 Å². The van der Waals surface area contributed by atoms with Gasteiger partial charge < -0.3 is 18.6 Å². The molecule has 2 amide bonds. The van der Waals surface area contributed by atoms with Gasteiger partial charge in [0.05, 0.1) is 18.4 Å². The molecule has 8 nitrogen and oxygen atoms in total. The first-order valence-electron chi connectivity index (χ1n) is 12.2. The molecule has 2 aromatic heterocycles. The highest BCUT2D eigenvalue weighted by Crippen LogP contribution is 2.31. The van der Waals surface area contributed by atoms with Gasteiger partial charge in [0.15, 0.2) is 5.76 Å². The Morgan fingerprint density at radius 3 is 2.63 bits per heavy atom. The van der Waals surface area contributed by atoms with Crippen LogP contribution in [-0.4, -0.2) is 60.6 Å². The van der Waals surface area contributed by atoms with E-state index in [1.54, 1.807) is 6.26 Å². The average molecular weight is 477 g/mol. The molecule has 1 N–H and O–H groups in total. The summed E-state index contributed by atoms with van der Waals surface area (Å²) in [5, 5.41) is 5.45. The standard InChI is InChI=1S/C27H32N4O4/c1-16-12-17(2)24-19(15-34-22(24)13-16)14-23(32)29-28-20-6-5-7-21-25(20)18(3)26(35-21)27(33)31-10-8-30(4)9-11-31/h12-13,15H,5-11,14H2,1-4H3,(H,29,32)/b28-20+. The Hall–Kier alpha value is -3.39. The number of rotatable bonds is 4. The minimum Gasteiger partial charge on any atom is -0.464 e. The zero-order chi connectivity index (χ0) is 24.7. The molecular formula is C27H32N4O4. The van der Waals surface area contributed by atoms with Crippen molar-refractivity contribution in [3.63, 3.8) is 0 Å². The molecule has 1 aromatic carbocycles. The van der Waals surface area contributed by atoms with E-state index in [0.29, 0.717) is 18.8 Å². The summed E-state index contributed by atoms with van der Waals surface area (Å²) in [6.45, 7) is 9.06. The first-order valence-corrected chi connectivity index (χ1v) is 12.2. The smallest absolute Gasteiger partial charge is 0.289 e. The van der Waals surface area contributed by atoms with Crippen molar-refractivity contribution in [1.29, 1.82) is 0 Å². The van der Waals surface area contributed by atoms with E-state index in [2.05, 4.69) is 28.5 Å². The van der Waals surface area contributed by atoms with Crippen molar-refractivity contribution in [2.75, 3.05) is 33.2 Å². The van der Waals surface area contributed by atoms with E-state index in [9.17, 15) is 9.59 Å². The molecule has 0 radical (unpaired) electrons. The van der Waals surface area contributed by atoms with Gasteiger partial charge in [-0.3, -0.25) is 9.59 Å². The predicted octanol–water partition coefficient (Wildman–Crippen LogP) is 3.74. The Bertz CT molecular complexity index is 1320. The van der Waals surface area contributed by atoms with Crippen LogP contribution in [0.25, 0.3) is 11.0 Å². The third kappa shape index (κ3) is 4.50. The van der Waals surface area contributed by atoms with Gasteiger partial charge in [0, 0.05) is 54.7 Å². The number of hydrogen-bond acceptors (Lipinski definition) is 6. The number of furan rings is 2. The van der Waals surface area contributed by atoms with Crippen molar-refractivity contribution >= 4 is 28.5 Å². The van der Waals surface area contributed by atoms with E-state index in [1.807, 2.05) is 31.7 Å². The number of carbonyl (C=O) groups is 2. The van der Waals surface area contributed by atoms with E-state index < -0.39 is 0 Å². The fraction of sp³-hybridized carbons (Fsp3) is 0.444. The van der Waals surface area contributed by atoms with Crippen molar-refractivity contribution in [1.82, 2.24) is 15.2 Å². The molecule has 0 unspecified atom stereocenters. The minimum atomic E-state index is -0.206. The van der Waals surface area contributed by atoms with Crippen LogP contribution in [0.3, 0.4) is 0 Å². The van der Waals surface area contributed by atoms with Crippen LogP contribution in [0.2, 0.25) is 0 Å². The number of benzene rings is 1. The molecule has 3 heterocycles. The Balaban J connectivity index is 1.33. The molecule has 184 valence electrons. The number of nitrogens with one attached hydrogen (secondary N) is 1. The fourth-order valence-corrected chi connectivity index (χ4v) is 5.24. The highest BCUT2D eigenvalue weighted by molar-refractivity contribution is 6.06. The molecule has 0 saturated carbocycles. The zero-order valence-corrected chi connectivity index (χ0v) is 20.9. The van der Waals surface area contributed by atoms with Gasteiger partial charge in [-0.25, -0.2) is 5.43 Å². The van der Waals surface area contributed by atoms with Crippen LogP contribution in [-0.2, 0) is 17.6 Å². The fourth-order valence-electron chi connectivity index (χ4n) is 5.24. The van der Waals surface area contributed by atoms with Crippen molar-refractivity contribution in [3.05, 3.63) is 57.7 Å². The SMILES string of the molecule is Cc1cc(C)c2c(CC(=O)N/N=C3\CCCc4oc(C(=O)N5CCN(C)CC5)c(C)c43)coc2c1. The summed E-state index contributed by atoms with van der Waals surface area (Å²) >= 11 is 0. The van der Waals surface area contributed by atoms with Gasteiger partial charge in [-0.15, -0.1) is 0 Å². The molecule has 35 heavy (non-hydrogen) atoms. The third-order valence-electron chi connectivity index (χ3n) is 7.07. The zero-order valence-electron chi connectivity index (χ0n) is 20.9. The lowest BCUT2D eigenvalue weighted by Gasteiger charge is -2.31. The lowest BCUT2D eigenvalue weighted by Crippen LogP contribution is -2.47. The molecule has 1 aliphatic heterocycles. The van der Waals surface area contributed by atoms with Crippen LogP contribution < -0.4 is 5.43 Å². The molecule has 5 rings (SSSR count). The van der Waals surface area contributed by atoms with Crippen molar-refractivity contribution in [2.45, 2.75) is 46.5 Å². The van der Waals surface area contributed by atoms with Gasteiger partial charge >= 0.3 is 0 Å². The molecular weight excluding hydrogens is 444 g/mol. The highest BCUT2D eigenvalue weighted by Gasteiger charge is 2.31. The highest BCUT2D eigenvalue weighted by atomic mass is 16.4. The number of amides is 2. The second kappa shape index (κ2) is 9.34. The van der Waals surface area contributed by atoms with Crippen molar-refractivity contribution in [2.24, 2.45) is 5.10 Å². The molecule has 1 saturated heterocycles. The van der Waals surface area contributed by atoms with Gasteiger partial charge in [-0.1, -0.05) is 6.07 Å². The van der Waals surface area contributed by atoms with Gasteiger partial charge in [0.25, 0.3) is 5.91 Å². The van der Waals surface area contributed by atoms with E-state index >= 15 is 0 Å². The normalized spacial score (nSPS) is 17.7. The summed E-state index contributed by atoms with van der Waals surface area (Å²) in [6.07, 6.45) is 4.18.